The lowest BCUT2D eigenvalue weighted by Crippen LogP contribution is -2.18. The highest BCUT2D eigenvalue weighted by atomic mass is 16.1. The first-order valence-electron chi connectivity index (χ1n) is 8.58. The summed E-state index contributed by atoms with van der Waals surface area (Å²) < 4.78 is 1.69. The minimum Gasteiger partial charge on any atom is -0.290 e. The van der Waals surface area contributed by atoms with Crippen molar-refractivity contribution in [3.63, 3.8) is 0 Å². The largest absolute Gasteiger partial charge is 0.290 e. The predicted molar refractivity (Wildman–Crippen MR) is 99.9 cm³/mol. The van der Waals surface area contributed by atoms with Crippen LogP contribution in [-0.4, -0.2) is 9.78 Å². The number of hydrogen-bond acceptors (Lipinski definition) is 1. The second-order valence-corrected chi connectivity index (χ2v) is 6.36. The summed E-state index contributed by atoms with van der Waals surface area (Å²) in [5.74, 6) is 0. The van der Waals surface area contributed by atoms with Crippen molar-refractivity contribution < 1.29 is 0 Å². The Morgan fingerprint density at radius 1 is 1.00 bits per heavy atom. The van der Waals surface area contributed by atoms with Crippen molar-refractivity contribution in [3.05, 3.63) is 75.6 Å². The van der Waals surface area contributed by atoms with Gasteiger partial charge in [-0.3, -0.25) is 9.89 Å². The van der Waals surface area contributed by atoms with Crippen LogP contribution in [-0.2, 0) is 6.42 Å². The molecule has 3 aromatic rings. The minimum absolute atomic E-state index is 0.0633. The van der Waals surface area contributed by atoms with Gasteiger partial charge in [-0.2, -0.15) is 0 Å². The Hall–Kier alpha value is -2.55. The van der Waals surface area contributed by atoms with Gasteiger partial charge in [-0.1, -0.05) is 61.4 Å². The van der Waals surface area contributed by atoms with Crippen LogP contribution in [0.15, 0.2) is 53.3 Å². The maximum absolute atomic E-state index is 13.0. The number of nitrogens with zero attached hydrogens (tertiary/aromatic N) is 1. The Morgan fingerprint density at radius 3 is 2.38 bits per heavy atom. The molecule has 1 aromatic heterocycles. The Morgan fingerprint density at radius 2 is 1.71 bits per heavy atom. The third-order valence-corrected chi connectivity index (χ3v) is 4.46. The van der Waals surface area contributed by atoms with E-state index in [0.29, 0.717) is 0 Å². The molecule has 0 saturated carbocycles. The van der Waals surface area contributed by atoms with E-state index in [2.05, 4.69) is 43.2 Å². The van der Waals surface area contributed by atoms with Crippen molar-refractivity contribution in [1.29, 1.82) is 0 Å². The standard InChI is InChI=1S/C21H24N2O/c1-4-5-9-18-20(17-13-11-15(2)12-14-17)22-23(21(18)24)19-10-7-6-8-16(19)3/h6-8,10-14,22H,4-5,9H2,1-3H3. The highest BCUT2D eigenvalue weighted by Gasteiger charge is 2.17. The number of para-hydroxylation sites is 1. The average Bonchev–Trinajstić information content (AvgIpc) is 2.91. The van der Waals surface area contributed by atoms with Gasteiger partial charge in [0.05, 0.1) is 11.4 Å². The quantitative estimate of drug-likeness (QED) is 0.721. The summed E-state index contributed by atoms with van der Waals surface area (Å²) in [7, 11) is 0. The first-order chi connectivity index (χ1) is 11.6. The smallest absolute Gasteiger partial charge is 0.275 e. The van der Waals surface area contributed by atoms with Gasteiger partial charge >= 0.3 is 0 Å². The number of aromatic amines is 1. The van der Waals surface area contributed by atoms with Gasteiger partial charge < -0.3 is 0 Å². The molecule has 1 N–H and O–H groups in total. The van der Waals surface area contributed by atoms with Crippen molar-refractivity contribution in [2.75, 3.05) is 0 Å². The van der Waals surface area contributed by atoms with Crippen LogP contribution >= 0.6 is 0 Å². The predicted octanol–water partition coefficient (Wildman–Crippen LogP) is 4.79. The van der Waals surface area contributed by atoms with E-state index in [0.717, 1.165) is 47.3 Å². The van der Waals surface area contributed by atoms with Crippen LogP contribution in [0.3, 0.4) is 0 Å². The number of hydrogen-bond donors (Lipinski definition) is 1. The summed E-state index contributed by atoms with van der Waals surface area (Å²) >= 11 is 0. The molecule has 3 rings (SSSR count). The van der Waals surface area contributed by atoms with E-state index in [-0.39, 0.29) is 5.56 Å². The lowest BCUT2D eigenvalue weighted by atomic mass is 10.0. The molecule has 0 aliphatic carbocycles. The zero-order chi connectivity index (χ0) is 17.1. The van der Waals surface area contributed by atoms with E-state index in [9.17, 15) is 4.79 Å². The highest BCUT2D eigenvalue weighted by molar-refractivity contribution is 5.63. The summed E-state index contributed by atoms with van der Waals surface area (Å²) in [6.07, 6.45) is 2.88. The number of nitrogens with one attached hydrogen (secondary N) is 1. The fourth-order valence-electron chi connectivity index (χ4n) is 3.00. The van der Waals surface area contributed by atoms with Gasteiger partial charge in [-0.15, -0.1) is 0 Å². The Labute approximate surface area is 143 Å². The molecule has 0 fully saturated rings. The molecule has 1 heterocycles. The second kappa shape index (κ2) is 6.91. The van der Waals surface area contributed by atoms with Crippen molar-refractivity contribution in [2.45, 2.75) is 40.0 Å². The number of benzene rings is 2. The summed E-state index contributed by atoms with van der Waals surface area (Å²) in [6.45, 7) is 6.25. The van der Waals surface area contributed by atoms with Gasteiger partial charge in [-0.05, 0) is 43.9 Å². The Bertz CT molecular complexity index is 885. The molecule has 0 aliphatic rings. The molecule has 0 unspecified atom stereocenters. The average molecular weight is 320 g/mol. The van der Waals surface area contributed by atoms with E-state index in [4.69, 9.17) is 0 Å². The van der Waals surface area contributed by atoms with E-state index in [1.807, 2.05) is 31.2 Å². The van der Waals surface area contributed by atoms with Crippen LogP contribution in [0.2, 0.25) is 0 Å². The van der Waals surface area contributed by atoms with Gasteiger partial charge in [-0.25, -0.2) is 4.68 Å². The van der Waals surface area contributed by atoms with E-state index >= 15 is 0 Å². The first-order valence-corrected chi connectivity index (χ1v) is 8.58. The fraction of sp³-hybridized carbons (Fsp3) is 0.286. The SMILES string of the molecule is CCCCc1c(-c2ccc(C)cc2)[nH]n(-c2ccccc2C)c1=O. The lowest BCUT2D eigenvalue weighted by Gasteiger charge is -2.05. The lowest BCUT2D eigenvalue weighted by molar-refractivity contribution is 0.786. The van der Waals surface area contributed by atoms with Gasteiger partial charge in [0.1, 0.15) is 0 Å². The summed E-state index contributed by atoms with van der Waals surface area (Å²) in [4.78, 5) is 13.0. The second-order valence-electron chi connectivity index (χ2n) is 6.36. The molecule has 124 valence electrons. The van der Waals surface area contributed by atoms with Gasteiger partial charge in [0.15, 0.2) is 0 Å². The van der Waals surface area contributed by atoms with Gasteiger partial charge in [0.25, 0.3) is 5.56 Å². The Balaban J connectivity index is 2.17. The molecule has 0 aliphatic heterocycles. The topological polar surface area (TPSA) is 37.8 Å². The third kappa shape index (κ3) is 3.07. The molecule has 0 radical (unpaired) electrons. The first kappa shape index (κ1) is 16.3. The normalized spacial score (nSPS) is 11.0. The molecule has 24 heavy (non-hydrogen) atoms. The van der Waals surface area contributed by atoms with Crippen molar-refractivity contribution in [1.82, 2.24) is 9.78 Å². The molecule has 0 atom stereocenters. The van der Waals surface area contributed by atoms with Crippen LogP contribution in [0.1, 0.15) is 36.5 Å². The maximum Gasteiger partial charge on any atom is 0.275 e. The van der Waals surface area contributed by atoms with Crippen molar-refractivity contribution >= 4 is 0 Å². The highest BCUT2D eigenvalue weighted by Crippen LogP contribution is 2.23. The molecule has 2 aromatic carbocycles. The molecule has 0 bridgehead atoms. The number of H-pyrrole nitrogens is 1. The minimum atomic E-state index is 0.0633. The van der Waals surface area contributed by atoms with Gasteiger partial charge in [0, 0.05) is 5.56 Å². The van der Waals surface area contributed by atoms with Crippen LogP contribution in [0.25, 0.3) is 16.9 Å². The fourth-order valence-corrected chi connectivity index (χ4v) is 3.00. The molecular formula is C21H24N2O. The summed E-state index contributed by atoms with van der Waals surface area (Å²) in [6, 6.07) is 16.3. The van der Waals surface area contributed by atoms with E-state index in [1.165, 1.54) is 5.56 Å². The van der Waals surface area contributed by atoms with Crippen molar-refractivity contribution in [3.8, 4) is 16.9 Å². The van der Waals surface area contributed by atoms with Crippen LogP contribution in [0.5, 0.6) is 0 Å². The number of unbranched alkanes of at least 4 members (excludes halogenated alkanes) is 1. The maximum atomic E-state index is 13.0. The van der Waals surface area contributed by atoms with Crippen LogP contribution in [0.4, 0.5) is 0 Å². The van der Waals surface area contributed by atoms with Crippen molar-refractivity contribution in [2.24, 2.45) is 0 Å². The Kier molecular flexibility index (Phi) is 4.70. The number of aromatic nitrogens is 2. The van der Waals surface area contributed by atoms with Crippen LogP contribution < -0.4 is 5.56 Å². The molecule has 0 spiro atoms. The zero-order valence-corrected chi connectivity index (χ0v) is 14.6. The molecule has 3 nitrogen and oxygen atoms in total. The van der Waals surface area contributed by atoms with E-state index in [1.54, 1.807) is 4.68 Å². The van der Waals surface area contributed by atoms with Gasteiger partial charge in [0.2, 0.25) is 0 Å². The third-order valence-electron chi connectivity index (χ3n) is 4.46. The summed E-state index contributed by atoms with van der Waals surface area (Å²) in [5.41, 5.74) is 6.16. The molecular weight excluding hydrogens is 296 g/mol. The molecule has 3 heteroatoms. The monoisotopic (exact) mass is 320 g/mol. The molecule has 0 amide bonds. The summed E-state index contributed by atoms with van der Waals surface area (Å²) in [5, 5.41) is 3.36. The zero-order valence-electron chi connectivity index (χ0n) is 14.6. The number of rotatable bonds is 5. The molecule has 0 saturated heterocycles. The van der Waals surface area contributed by atoms with Crippen LogP contribution in [0, 0.1) is 13.8 Å². The van der Waals surface area contributed by atoms with E-state index < -0.39 is 0 Å². The number of aryl methyl sites for hydroxylation is 2.